The number of imidazole rings is 1. The van der Waals surface area contributed by atoms with Crippen molar-refractivity contribution in [3.05, 3.63) is 36.5 Å². The summed E-state index contributed by atoms with van der Waals surface area (Å²) >= 11 is 0. The summed E-state index contributed by atoms with van der Waals surface area (Å²) in [6.45, 7) is 0. The minimum absolute atomic E-state index is 0.0353. The number of aromatic nitrogens is 3. The Kier molecular flexibility index (Phi) is 3.09. The lowest BCUT2D eigenvalue weighted by molar-refractivity contribution is -0.124. The van der Waals surface area contributed by atoms with Crippen molar-refractivity contribution in [3.63, 3.8) is 0 Å². The van der Waals surface area contributed by atoms with Crippen LogP contribution >= 0.6 is 0 Å². The minimum Gasteiger partial charge on any atom is -0.321 e. The van der Waals surface area contributed by atoms with E-state index in [1.807, 2.05) is 24.8 Å². The Balaban J connectivity index is 1.62. The van der Waals surface area contributed by atoms with Crippen LogP contribution < -0.4 is 0 Å². The molecule has 1 aliphatic carbocycles. The molecule has 0 spiro atoms. The average Bonchev–Trinajstić information content (AvgIpc) is 3.11. The predicted octanol–water partition coefficient (Wildman–Crippen LogP) is 3.39. The summed E-state index contributed by atoms with van der Waals surface area (Å²) in [6.07, 6.45) is 11.9. The molecule has 2 aromatic rings. The molecule has 0 amide bonds. The summed E-state index contributed by atoms with van der Waals surface area (Å²) in [5.41, 5.74) is 3.23. The summed E-state index contributed by atoms with van der Waals surface area (Å²) in [6, 6.07) is 4.05. The molecular weight excluding hydrogens is 262 g/mol. The molecule has 0 saturated heterocycles. The maximum atomic E-state index is 12.6. The van der Waals surface area contributed by atoms with Crippen molar-refractivity contribution >= 4 is 5.78 Å². The molecule has 1 atom stereocenters. The van der Waals surface area contributed by atoms with Crippen molar-refractivity contribution in [2.24, 2.45) is 5.92 Å². The SMILES string of the molecule is O=C(CC1c2ncccc2-c2cncn21)C1CCCCC1. The fourth-order valence-corrected chi connectivity index (χ4v) is 3.77. The normalized spacial score (nSPS) is 21.0. The van der Waals surface area contributed by atoms with Crippen LogP contribution in [-0.2, 0) is 4.79 Å². The van der Waals surface area contributed by atoms with Crippen molar-refractivity contribution < 1.29 is 4.79 Å². The van der Waals surface area contributed by atoms with Crippen molar-refractivity contribution in [3.8, 4) is 11.3 Å². The molecular formula is C17H19N3O. The number of carbonyl (C=O) groups excluding carboxylic acids is 1. The van der Waals surface area contributed by atoms with Gasteiger partial charge in [-0.25, -0.2) is 4.98 Å². The Morgan fingerprint density at radius 3 is 3.00 bits per heavy atom. The van der Waals surface area contributed by atoms with E-state index in [1.54, 1.807) is 0 Å². The Hall–Kier alpha value is -1.97. The first kappa shape index (κ1) is 12.7. The van der Waals surface area contributed by atoms with E-state index in [9.17, 15) is 4.79 Å². The molecule has 2 aliphatic rings. The Morgan fingerprint density at radius 2 is 2.14 bits per heavy atom. The van der Waals surface area contributed by atoms with Crippen LogP contribution in [0.4, 0.5) is 0 Å². The molecule has 4 nitrogen and oxygen atoms in total. The fraction of sp³-hybridized carbons (Fsp3) is 0.471. The van der Waals surface area contributed by atoms with Crippen molar-refractivity contribution in [2.45, 2.75) is 44.6 Å². The zero-order valence-electron chi connectivity index (χ0n) is 12.0. The zero-order chi connectivity index (χ0) is 14.2. The highest BCUT2D eigenvalue weighted by atomic mass is 16.1. The number of fused-ring (bicyclic) bond motifs is 3. The number of nitrogens with zero attached hydrogens (tertiary/aromatic N) is 3. The van der Waals surface area contributed by atoms with Crippen LogP contribution in [0, 0.1) is 5.92 Å². The Bertz CT molecular complexity index is 670. The second kappa shape index (κ2) is 5.10. The maximum absolute atomic E-state index is 12.6. The van der Waals surface area contributed by atoms with Gasteiger partial charge in [-0.2, -0.15) is 0 Å². The van der Waals surface area contributed by atoms with Crippen molar-refractivity contribution in [1.82, 2.24) is 14.5 Å². The molecule has 3 heterocycles. The fourth-order valence-electron chi connectivity index (χ4n) is 3.77. The third-order valence-corrected chi connectivity index (χ3v) is 4.89. The summed E-state index contributed by atoms with van der Waals surface area (Å²) in [4.78, 5) is 21.4. The molecule has 4 rings (SSSR count). The summed E-state index contributed by atoms with van der Waals surface area (Å²) in [5.74, 6) is 0.663. The second-order valence-electron chi connectivity index (χ2n) is 6.14. The lowest BCUT2D eigenvalue weighted by atomic mass is 9.84. The third-order valence-electron chi connectivity index (χ3n) is 4.89. The van der Waals surface area contributed by atoms with Gasteiger partial charge in [0.2, 0.25) is 0 Å². The van der Waals surface area contributed by atoms with Gasteiger partial charge < -0.3 is 4.57 Å². The number of ketones is 1. The van der Waals surface area contributed by atoms with Crippen LogP contribution in [0.5, 0.6) is 0 Å². The Morgan fingerprint density at radius 1 is 1.29 bits per heavy atom. The summed E-state index contributed by atoms with van der Waals surface area (Å²) in [5, 5.41) is 0. The molecule has 2 aromatic heterocycles. The number of pyridine rings is 1. The molecule has 1 saturated carbocycles. The second-order valence-corrected chi connectivity index (χ2v) is 6.14. The Labute approximate surface area is 124 Å². The largest absolute Gasteiger partial charge is 0.321 e. The van der Waals surface area contributed by atoms with Gasteiger partial charge in [-0.3, -0.25) is 9.78 Å². The van der Waals surface area contributed by atoms with Gasteiger partial charge >= 0.3 is 0 Å². The van der Waals surface area contributed by atoms with Crippen molar-refractivity contribution in [2.75, 3.05) is 0 Å². The van der Waals surface area contributed by atoms with Gasteiger partial charge in [0.15, 0.2) is 0 Å². The molecule has 108 valence electrons. The van der Waals surface area contributed by atoms with Crippen LogP contribution in [0.2, 0.25) is 0 Å². The lowest BCUT2D eigenvalue weighted by Gasteiger charge is -2.22. The van der Waals surface area contributed by atoms with E-state index in [1.165, 1.54) is 19.3 Å². The van der Waals surface area contributed by atoms with E-state index in [-0.39, 0.29) is 12.0 Å². The molecule has 0 aromatic carbocycles. The summed E-state index contributed by atoms with van der Waals surface area (Å²) < 4.78 is 2.11. The summed E-state index contributed by atoms with van der Waals surface area (Å²) in [7, 11) is 0. The number of hydrogen-bond donors (Lipinski definition) is 0. The van der Waals surface area contributed by atoms with E-state index >= 15 is 0 Å². The number of rotatable bonds is 3. The first-order chi connectivity index (χ1) is 10.3. The highest BCUT2D eigenvalue weighted by Crippen LogP contribution is 2.40. The standard InChI is InChI=1S/C17H19N3O/c21-16(12-5-2-1-3-6-12)9-14-17-13(7-4-8-19-17)15-10-18-11-20(14)15/h4,7-8,10-12,14H,1-3,5-6,9H2. The van der Waals surface area contributed by atoms with Crippen LogP contribution in [0.15, 0.2) is 30.9 Å². The first-order valence-corrected chi connectivity index (χ1v) is 7.84. The zero-order valence-corrected chi connectivity index (χ0v) is 12.0. The lowest BCUT2D eigenvalue weighted by Crippen LogP contribution is -2.21. The molecule has 4 heteroatoms. The van der Waals surface area contributed by atoms with Gasteiger partial charge in [-0.05, 0) is 25.0 Å². The van der Waals surface area contributed by atoms with Gasteiger partial charge in [0, 0.05) is 24.1 Å². The molecule has 0 radical (unpaired) electrons. The van der Waals surface area contributed by atoms with Crippen LogP contribution in [0.25, 0.3) is 11.3 Å². The minimum atomic E-state index is 0.0353. The highest BCUT2D eigenvalue weighted by molar-refractivity contribution is 5.83. The molecule has 21 heavy (non-hydrogen) atoms. The van der Waals surface area contributed by atoms with E-state index < -0.39 is 0 Å². The number of hydrogen-bond acceptors (Lipinski definition) is 3. The van der Waals surface area contributed by atoms with Crippen molar-refractivity contribution in [1.29, 1.82) is 0 Å². The quantitative estimate of drug-likeness (QED) is 0.866. The number of carbonyl (C=O) groups is 1. The topological polar surface area (TPSA) is 47.8 Å². The molecule has 1 unspecified atom stereocenters. The number of Topliss-reactive ketones (excluding diaryl/α,β-unsaturated/α-hetero) is 1. The smallest absolute Gasteiger partial charge is 0.138 e. The monoisotopic (exact) mass is 281 g/mol. The molecule has 1 aliphatic heterocycles. The molecule has 1 fully saturated rings. The highest BCUT2D eigenvalue weighted by Gasteiger charge is 2.33. The predicted molar refractivity (Wildman–Crippen MR) is 79.8 cm³/mol. The van der Waals surface area contributed by atoms with Gasteiger partial charge in [0.25, 0.3) is 0 Å². The van der Waals surface area contributed by atoms with Crippen LogP contribution in [0.1, 0.15) is 50.3 Å². The van der Waals surface area contributed by atoms with E-state index in [0.29, 0.717) is 12.2 Å². The van der Waals surface area contributed by atoms with Gasteiger partial charge in [-0.1, -0.05) is 19.3 Å². The van der Waals surface area contributed by atoms with E-state index in [2.05, 4.69) is 20.6 Å². The first-order valence-electron chi connectivity index (χ1n) is 7.84. The maximum Gasteiger partial charge on any atom is 0.138 e. The average molecular weight is 281 g/mol. The molecule has 0 bridgehead atoms. The van der Waals surface area contributed by atoms with Crippen LogP contribution in [-0.4, -0.2) is 20.3 Å². The van der Waals surface area contributed by atoms with Gasteiger partial charge in [-0.15, -0.1) is 0 Å². The molecule has 0 N–H and O–H groups in total. The third kappa shape index (κ3) is 2.09. The van der Waals surface area contributed by atoms with Gasteiger partial charge in [0.05, 0.1) is 30.0 Å². The van der Waals surface area contributed by atoms with E-state index in [4.69, 9.17) is 0 Å². The van der Waals surface area contributed by atoms with Crippen LogP contribution in [0.3, 0.4) is 0 Å². The van der Waals surface area contributed by atoms with Gasteiger partial charge in [0.1, 0.15) is 5.78 Å². The van der Waals surface area contributed by atoms with E-state index in [0.717, 1.165) is 29.8 Å².